The fourth-order valence-electron chi connectivity index (χ4n) is 2.14. The highest BCUT2D eigenvalue weighted by molar-refractivity contribution is 7.92. The Bertz CT molecular complexity index is 869. The van der Waals surface area contributed by atoms with E-state index >= 15 is 0 Å². The highest BCUT2D eigenvalue weighted by Gasteiger charge is 2.22. The van der Waals surface area contributed by atoms with E-state index in [9.17, 15) is 13.2 Å². The Balaban J connectivity index is 2.24. The number of aryl methyl sites for hydroxylation is 1. The minimum atomic E-state index is -3.63. The molecule has 0 saturated heterocycles. The number of hydrogen-bond acceptors (Lipinski definition) is 3. The van der Waals surface area contributed by atoms with Crippen LogP contribution in [-0.2, 0) is 14.8 Å². The average Bonchev–Trinajstić information content (AvgIpc) is 2.47. The molecule has 0 fully saturated rings. The van der Waals surface area contributed by atoms with E-state index in [4.69, 9.17) is 23.2 Å². The number of anilines is 2. The molecule has 0 bridgehead atoms. The molecule has 128 valence electrons. The largest absolute Gasteiger partial charge is 0.323 e. The summed E-state index contributed by atoms with van der Waals surface area (Å²) in [5.74, 6) is -0.507. The lowest BCUT2D eigenvalue weighted by atomic mass is 10.2. The van der Waals surface area contributed by atoms with E-state index < -0.39 is 15.9 Å². The Morgan fingerprint density at radius 2 is 1.83 bits per heavy atom. The second kappa shape index (κ2) is 7.42. The molecule has 0 aliphatic heterocycles. The maximum absolute atomic E-state index is 12.3. The summed E-state index contributed by atoms with van der Waals surface area (Å²) in [6.07, 6.45) is 1.06. The van der Waals surface area contributed by atoms with Crippen LogP contribution in [-0.4, -0.2) is 27.1 Å². The summed E-state index contributed by atoms with van der Waals surface area (Å²) >= 11 is 11.8. The van der Waals surface area contributed by atoms with Gasteiger partial charge in [-0.2, -0.15) is 0 Å². The molecule has 24 heavy (non-hydrogen) atoms. The summed E-state index contributed by atoms with van der Waals surface area (Å²) < 4.78 is 25.2. The van der Waals surface area contributed by atoms with E-state index in [1.165, 1.54) is 6.07 Å². The van der Waals surface area contributed by atoms with Crippen LogP contribution in [0.5, 0.6) is 0 Å². The van der Waals surface area contributed by atoms with Crippen molar-refractivity contribution in [3.63, 3.8) is 0 Å². The van der Waals surface area contributed by atoms with E-state index in [0.29, 0.717) is 16.4 Å². The minimum Gasteiger partial charge on any atom is -0.323 e. The Labute approximate surface area is 151 Å². The summed E-state index contributed by atoms with van der Waals surface area (Å²) in [7, 11) is -3.63. The number of sulfonamides is 1. The number of nitrogens with one attached hydrogen (secondary N) is 1. The van der Waals surface area contributed by atoms with Gasteiger partial charge in [0.25, 0.3) is 0 Å². The zero-order valence-corrected chi connectivity index (χ0v) is 15.4. The first-order valence-electron chi connectivity index (χ1n) is 6.97. The van der Waals surface area contributed by atoms with E-state index in [1.807, 2.05) is 0 Å². The molecule has 1 amide bonds. The second-order valence-corrected chi connectivity index (χ2v) is 7.98. The Kier molecular flexibility index (Phi) is 5.74. The fraction of sp³-hybridized carbons (Fsp3) is 0.188. The van der Waals surface area contributed by atoms with Crippen LogP contribution in [0.1, 0.15) is 5.56 Å². The summed E-state index contributed by atoms with van der Waals surface area (Å²) in [5.41, 5.74) is 1.57. The number of hydrogen-bond donors (Lipinski definition) is 1. The maximum Gasteiger partial charge on any atom is 0.245 e. The van der Waals surface area contributed by atoms with Crippen molar-refractivity contribution in [1.29, 1.82) is 0 Å². The van der Waals surface area contributed by atoms with E-state index in [2.05, 4.69) is 5.32 Å². The molecule has 0 atom stereocenters. The monoisotopic (exact) mass is 386 g/mol. The van der Waals surface area contributed by atoms with Crippen LogP contribution in [0.3, 0.4) is 0 Å². The van der Waals surface area contributed by atoms with Gasteiger partial charge in [-0.05, 0) is 36.8 Å². The lowest BCUT2D eigenvalue weighted by Crippen LogP contribution is -2.37. The van der Waals surface area contributed by atoms with Gasteiger partial charge in [-0.1, -0.05) is 41.4 Å². The van der Waals surface area contributed by atoms with Crippen LogP contribution in [0.4, 0.5) is 11.4 Å². The van der Waals surface area contributed by atoms with Gasteiger partial charge < -0.3 is 5.32 Å². The van der Waals surface area contributed by atoms with Crippen molar-refractivity contribution < 1.29 is 13.2 Å². The molecule has 2 aromatic carbocycles. The zero-order chi connectivity index (χ0) is 17.9. The van der Waals surface area contributed by atoms with Gasteiger partial charge in [0.15, 0.2) is 0 Å². The van der Waals surface area contributed by atoms with Crippen LogP contribution in [0.2, 0.25) is 10.0 Å². The number of nitrogens with zero attached hydrogens (tertiary/aromatic N) is 1. The molecule has 0 aliphatic carbocycles. The molecule has 0 aromatic heterocycles. The van der Waals surface area contributed by atoms with Crippen LogP contribution in [0.25, 0.3) is 0 Å². The molecule has 0 unspecified atom stereocenters. The van der Waals surface area contributed by atoms with Crippen LogP contribution in [0, 0.1) is 6.92 Å². The van der Waals surface area contributed by atoms with Gasteiger partial charge >= 0.3 is 0 Å². The van der Waals surface area contributed by atoms with E-state index in [-0.39, 0.29) is 11.6 Å². The van der Waals surface area contributed by atoms with Crippen LogP contribution >= 0.6 is 23.2 Å². The van der Waals surface area contributed by atoms with Gasteiger partial charge in [-0.3, -0.25) is 9.10 Å². The lowest BCUT2D eigenvalue weighted by Gasteiger charge is -2.23. The minimum absolute atomic E-state index is 0.276. The van der Waals surface area contributed by atoms with Gasteiger partial charge in [-0.15, -0.1) is 0 Å². The van der Waals surface area contributed by atoms with Crippen molar-refractivity contribution in [2.45, 2.75) is 6.92 Å². The highest BCUT2D eigenvalue weighted by atomic mass is 35.5. The summed E-state index contributed by atoms with van der Waals surface area (Å²) in [4.78, 5) is 12.3. The predicted octanol–water partition coefficient (Wildman–Crippen LogP) is 3.71. The Morgan fingerprint density at radius 3 is 2.42 bits per heavy atom. The SMILES string of the molecule is Cc1ccccc1N(CC(=O)Nc1ccc(Cl)cc1Cl)S(C)(=O)=O. The van der Waals surface area contributed by atoms with Crippen LogP contribution in [0.15, 0.2) is 42.5 Å². The molecule has 0 aliphatic rings. The number of carbonyl (C=O) groups excluding carboxylic acids is 1. The number of benzene rings is 2. The normalized spacial score (nSPS) is 11.2. The maximum atomic E-state index is 12.3. The number of para-hydroxylation sites is 1. The second-order valence-electron chi connectivity index (χ2n) is 5.23. The highest BCUT2D eigenvalue weighted by Crippen LogP contribution is 2.26. The van der Waals surface area contributed by atoms with Gasteiger partial charge in [0.1, 0.15) is 6.54 Å². The quantitative estimate of drug-likeness (QED) is 0.851. The Morgan fingerprint density at radius 1 is 1.17 bits per heavy atom. The molecule has 8 heteroatoms. The van der Waals surface area contributed by atoms with Crippen molar-refractivity contribution in [1.82, 2.24) is 0 Å². The number of amides is 1. The van der Waals surface area contributed by atoms with Crippen molar-refractivity contribution in [2.75, 3.05) is 22.4 Å². The first-order valence-corrected chi connectivity index (χ1v) is 9.57. The van der Waals surface area contributed by atoms with E-state index in [0.717, 1.165) is 16.1 Å². The van der Waals surface area contributed by atoms with E-state index in [1.54, 1.807) is 43.3 Å². The molecule has 1 N–H and O–H groups in total. The Hall–Kier alpha value is -1.76. The average molecular weight is 387 g/mol. The molecule has 5 nitrogen and oxygen atoms in total. The van der Waals surface area contributed by atoms with Gasteiger partial charge in [0, 0.05) is 5.02 Å². The molecule has 0 spiro atoms. The van der Waals surface area contributed by atoms with Gasteiger partial charge in [0.05, 0.1) is 22.7 Å². The zero-order valence-electron chi connectivity index (χ0n) is 13.1. The van der Waals surface area contributed by atoms with Crippen molar-refractivity contribution >= 4 is 50.5 Å². The molecule has 0 saturated carbocycles. The van der Waals surface area contributed by atoms with Gasteiger partial charge in [0.2, 0.25) is 15.9 Å². The number of halogens is 2. The summed E-state index contributed by atoms with van der Waals surface area (Å²) in [6, 6.07) is 11.6. The number of rotatable bonds is 5. The third-order valence-corrected chi connectivity index (χ3v) is 4.95. The standard InChI is InChI=1S/C16H16Cl2N2O3S/c1-11-5-3-4-6-15(11)20(24(2,22)23)10-16(21)19-14-8-7-12(17)9-13(14)18/h3-9H,10H2,1-2H3,(H,19,21). The van der Waals surface area contributed by atoms with Gasteiger partial charge in [-0.25, -0.2) is 8.42 Å². The van der Waals surface area contributed by atoms with Crippen LogP contribution < -0.4 is 9.62 Å². The molecule has 2 aromatic rings. The van der Waals surface area contributed by atoms with Crippen molar-refractivity contribution in [3.05, 3.63) is 58.1 Å². The first kappa shape index (κ1) is 18.6. The fourth-order valence-corrected chi connectivity index (χ4v) is 3.50. The third kappa shape index (κ3) is 4.63. The smallest absolute Gasteiger partial charge is 0.245 e. The molecule has 0 radical (unpaired) electrons. The summed E-state index contributed by atoms with van der Waals surface area (Å²) in [6.45, 7) is 1.42. The molecular formula is C16H16Cl2N2O3S. The van der Waals surface area contributed by atoms with Crippen molar-refractivity contribution in [2.24, 2.45) is 0 Å². The topological polar surface area (TPSA) is 66.5 Å². The lowest BCUT2D eigenvalue weighted by molar-refractivity contribution is -0.114. The molecular weight excluding hydrogens is 371 g/mol. The molecule has 0 heterocycles. The third-order valence-electron chi connectivity index (χ3n) is 3.28. The van der Waals surface area contributed by atoms with Crippen molar-refractivity contribution in [3.8, 4) is 0 Å². The first-order chi connectivity index (χ1) is 11.2. The summed E-state index contributed by atoms with van der Waals surface area (Å²) in [5, 5.41) is 3.31. The number of carbonyl (C=O) groups is 1. The molecule has 2 rings (SSSR count). The predicted molar refractivity (Wildman–Crippen MR) is 98.5 cm³/mol.